The number of rotatable bonds is 5. The van der Waals surface area contributed by atoms with Gasteiger partial charge in [0.25, 0.3) is 5.91 Å². The van der Waals surface area contributed by atoms with Crippen molar-refractivity contribution in [2.75, 3.05) is 5.32 Å². The van der Waals surface area contributed by atoms with Crippen LogP contribution in [0, 0.1) is 11.7 Å². The number of hydrogen-bond donors (Lipinski definition) is 2. The van der Waals surface area contributed by atoms with Gasteiger partial charge >= 0.3 is 0 Å². The molecule has 2 N–H and O–H groups in total. The number of hydrogen-bond acceptors (Lipinski definition) is 2. The highest BCUT2D eigenvalue weighted by molar-refractivity contribution is 6.07. The Morgan fingerprint density at radius 1 is 0.931 bits per heavy atom. The molecule has 1 unspecified atom stereocenters. The van der Waals surface area contributed by atoms with Gasteiger partial charge in [-0.15, -0.1) is 0 Å². The fraction of sp³-hybridized carbons (Fsp3) is 0.250. The minimum Gasteiger partial charge on any atom is -0.340 e. The van der Waals surface area contributed by atoms with Gasteiger partial charge in [-0.25, -0.2) is 4.39 Å². The molecule has 3 aromatic carbocycles. The minimum atomic E-state index is -0.787. The van der Waals surface area contributed by atoms with Crippen LogP contribution in [0.4, 0.5) is 10.1 Å². The summed E-state index contributed by atoms with van der Waals surface area (Å²) in [7, 11) is 0. The van der Waals surface area contributed by atoms with Gasteiger partial charge in [0, 0.05) is 11.1 Å². The van der Waals surface area contributed by atoms with Gasteiger partial charge in [-0.3, -0.25) is 9.59 Å². The molecule has 1 aliphatic carbocycles. The van der Waals surface area contributed by atoms with Crippen LogP contribution in [0.25, 0.3) is 10.8 Å². The Morgan fingerprint density at radius 3 is 2.38 bits per heavy atom. The van der Waals surface area contributed by atoms with Crippen molar-refractivity contribution < 1.29 is 14.0 Å². The molecule has 0 heterocycles. The van der Waals surface area contributed by atoms with Crippen molar-refractivity contribution in [3.63, 3.8) is 0 Å². The Morgan fingerprint density at radius 2 is 1.66 bits per heavy atom. The Balaban J connectivity index is 1.59. The van der Waals surface area contributed by atoms with Crippen LogP contribution >= 0.6 is 0 Å². The molecule has 1 aliphatic rings. The predicted molar refractivity (Wildman–Crippen MR) is 112 cm³/mol. The normalized spacial score (nSPS) is 13.5. The number of benzene rings is 3. The van der Waals surface area contributed by atoms with E-state index in [0.29, 0.717) is 0 Å². The summed E-state index contributed by atoms with van der Waals surface area (Å²) in [5.74, 6) is -1.69. The van der Waals surface area contributed by atoms with Crippen LogP contribution < -0.4 is 10.6 Å². The summed E-state index contributed by atoms with van der Waals surface area (Å²) in [5, 5.41) is 7.88. The first-order valence-corrected chi connectivity index (χ1v) is 9.85. The van der Waals surface area contributed by atoms with Crippen molar-refractivity contribution in [3.8, 4) is 0 Å². The average molecular weight is 390 g/mol. The molecule has 5 heteroatoms. The van der Waals surface area contributed by atoms with Crippen LogP contribution in [0.3, 0.4) is 0 Å². The topological polar surface area (TPSA) is 58.2 Å². The minimum absolute atomic E-state index is 0.0729. The van der Waals surface area contributed by atoms with E-state index in [1.165, 1.54) is 34.7 Å². The average Bonchev–Trinajstić information content (AvgIpc) is 3.13. The fourth-order valence-corrected chi connectivity index (χ4v) is 3.97. The quantitative estimate of drug-likeness (QED) is 0.675. The zero-order valence-corrected chi connectivity index (χ0v) is 16.5. The molecule has 0 saturated heterocycles. The van der Waals surface area contributed by atoms with E-state index in [1.54, 1.807) is 6.07 Å². The molecule has 0 radical (unpaired) electrons. The lowest BCUT2D eigenvalue weighted by molar-refractivity contribution is -0.118. The van der Waals surface area contributed by atoms with Crippen molar-refractivity contribution in [2.45, 2.75) is 32.7 Å². The van der Waals surface area contributed by atoms with Crippen LogP contribution in [-0.4, -0.2) is 17.9 Å². The Labute approximate surface area is 169 Å². The molecule has 0 bridgehead atoms. The second-order valence-corrected chi connectivity index (χ2v) is 7.78. The summed E-state index contributed by atoms with van der Waals surface area (Å²) in [6.45, 7) is 3.69. The zero-order chi connectivity index (χ0) is 20.5. The molecule has 0 spiro atoms. The van der Waals surface area contributed by atoms with Gasteiger partial charge in [-0.1, -0.05) is 50.2 Å². The molecule has 4 nitrogen and oxygen atoms in total. The van der Waals surface area contributed by atoms with Gasteiger partial charge in [-0.2, -0.15) is 0 Å². The highest BCUT2D eigenvalue weighted by atomic mass is 19.1. The third-order valence-corrected chi connectivity index (χ3v) is 5.49. The smallest absolute Gasteiger partial charge is 0.254 e. The van der Waals surface area contributed by atoms with Crippen LogP contribution in [0.15, 0.2) is 54.6 Å². The van der Waals surface area contributed by atoms with Gasteiger partial charge in [0.05, 0.1) is 5.56 Å². The van der Waals surface area contributed by atoms with E-state index >= 15 is 0 Å². The lowest BCUT2D eigenvalue weighted by Gasteiger charge is -2.22. The van der Waals surface area contributed by atoms with E-state index in [-0.39, 0.29) is 17.4 Å². The summed E-state index contributed by atoms with van der Waals surface area (Å²) >= 11 is 0. The Kier molecular flexibility index (Phi) is 5.05. The number of anilines is 1. The molecule has 29 heavy (non-hydrogen) atoms. The van der Waals surface area contributed by atoms with E-state index in [4.69, 9.17) is 0 Å². The second kappa shape index (κ2) is 7.66. The van der Waals surface area contributed by atoms with Crippen molar-refractivity contribution in [1.82, 2.24) is 5.32 Å². The highest BCUT2D eigenvalue weighted by Crippen LogP contribution is 2.35. The molecular formula is C24H23FN2O2. The summed E-state index contributed by atoms with van der Waals surface area (Å²) in [6, 6.07) is 15.1. The lowest BCUT2D eigenvalue weighted by Crippen LogP contribution is -2.47. The molecule has 0 fully saturated rings. The summed E-state index contributed by atoms with van der Waals surface area (Å²) in [6.07, 6.45) is 2.02. The SMILES string of the molecule is CC(C)C(NC(=O)c1ccccc1F)C(=O)Nc1ccc2c3c(cccc13)CC2. The van der Waals surface area contributed by atoms with Crippen LogP contribution in [0.1, 0.15) is 35.3 Å². The van der Waals surface area contributed by atoms with Crippen LogP contribution in [0.5, 0.6) is 0 Å². The lowest BCUT2D eigenvalue weighted by atomic mass is 10.0. The van der Waals surface area contributed by atoms with Gasteiger partial charge in [0.15, 0.2) is 0 Å². The monoisotopic (exact) mass is 390 g/mol. The van der Waals surface area contributed by atoms with Crippen LogP contribution in [-0.2, 0) is 17.6 Å². The fourth-order valence-electron chi connectivity index (χ4n) is 3.97. The highest BCUT2D eigenvalue weighted by Gasteiger charge is 2.26. The van der Waals surface area contributed by atoms with E-state index in [2.05, 4.69) is 22.8 Å². The van der Waals surface area contributed by atoms with Crippen molar-refractivity contribution in [1.29, 1.82) is 0 Å². The molecule has 148 valence electrons. The molecule has 3 aromatic rings. The Bertz CT molecular complexity index is 1100. The number of carbonyl (C=O) groups is 2. The number of halogens is 1. The largest absolute Gasteiger partial charge is 0.340 e. The summed E-state index contributed by atoms with van der Waals surface area (Å²) in [4.78, 5) is 25.5. The first-order chi connectivity index (χ1) is 14.0. The number of amides is 2. The molecule has 1 atom stereocenters. The second-order valence-electron chi connectivity index (χ2n) is 7.78. The van der Waals surface area contributed by atoms with Gasteiger partial charge < -0.3 is 10.6 Å². The van der Waals surface area contributed by atoms with Crippen molar-refractivity contribution in [2.24, 2.45) is 5.92 Å². The number of carbonyl (C=O) groups excluding carboxylic acids is 2. The van der Waals surface area contributed by atoms with E-state index < -0.39 is 17.8 Å². The molecule has 0 saturated carbocycles. The first-order valence-electron chi connectivity index (χ1n) is 9.85. The molecule has 4 rings (SSSR count). The van der Waals surface area contributed by atoms with E-state index in [1.807, 2.05) is 32.0 Å². The molecule has 0 aromatic heterocycles. The molecular weight excluding hydrogens is 367 g/mol. The summed E-state index contributed by atoms with van der Waals surface area (Å²) < 4.78 is 13.9. The maximum Gasteiger partial charge on any atom is 0.254 e. The number of nitrogens with one attached hydrogen (secondary N) is 2. The Hall–Kier alpha value is -3.21. The van der Waals surface area contributed by atoms with Crippen molar-refractivity contribution >= 4 is 28.3 Å². The van der Waals surface area contributed by atoms with Crippen LogP contribution in [0.2, 0.25) is 0 Å². The van der Waals surface area contributed by atoms with Gasteiger partial charge in [0.1, 0.15) is 11.9 Å². The number of aryl methyl sites for hydroxylation is 2. The molecule has 0 aliphatic heterocycles. The van der Waals surface area contributed by atoms with Gasteiger partial charge in [0.2, 0.25) is 5.91 Å². The standard InChI is InChI=1S/C24H23FN2O2/c1-14(2)22(27-23(28)17-7-3-4-9-19(17)25)24(29)26-20-13-12-16-11-10-15-6-5-8-18(20)21(15)16/h3-9,12-14,22H,10-11H2,1-2H3,(H,26,29)(H,27,28). The summed E-state index contributed by atoms with van der Waals surface area (Å²) in [5.41, 5.74) is 3.24. The maximum absolute atomic E-state index is 13.9. The van der Waals surface area contributed by atoms with E-state index in [9.17, 15) is 14.0 Å². The van der Waals surface area contributed by atoms with E-state index in [0.717, 1.165) is 23.9 Å². The maximum atomic E-state index is 13.9. The first kappa shape index (κ1) is 19.1. The molecule has 2 amide bonds. The third-order valence-electron chi connectivity index (χ3n) is 5.49. The third kappa shape index (κ3) is 3.60. The zero-order valence-electron chi connectivity index (χ0n) is 16.5. The van der Waals surface area contributed by atoms with Crippen molar-refractivity contribution in [3.05, 3.63) is 77.1 Å². The van der Waals surface area contributed by atoms with Gasteiger partial charge in [-0.05, 0) is 53.5 Å². The predicted octanol–water partition coefficient (Wildman–Crippen LogP) is 4.47.